The van der Waals surface area contributed by atoms with Crippen LogP contribution in [0, 0.1) is 0 Å². The number of methoxy groups -OCH3 is 1. The Morgan fingerprint density at radius 1 is 1.15 bits per heavy atom. The van der Waals surface area contributed by atoms with Gasteiger partial charge in [0.05, 0.1) is 7.11 Å². The summed E-state index contributed by atoms with van der Waals surface area (Å²) in [6.45, 7) is 0. The van der Waals surface area contributed by atoms with Gasteiger partial charge in [-0.25, -0.2) is 15.0 Å². The van der Waals surface area contributed by atoms with Gasteiger partial charge in [0.25, 0.3) is 0 Å². The van der Waals surface area contributed by atoms with E-state index in [4.69, 9.17) is 10.5 Å². The van der Waals surface area contributed by atoms with Crippen molar-refractivity contribution in [2.24, 2.45) is 0 Å². The molecule has 0 saturated heterocycles. The third-order valence-electron chi connectivity index (χ3n) is 3.18. The van der Waals surface area contributed by atoms with Crippen molar-refractivity contribution >= 4 is 17.0 Å². The number of hydrogen-bond donors (Lipinski definition) is 2. The number of aryl methyl sites for hydroxylation is 2. The van der Waals surface area contributed by atoms with E-state index in [-0.39, 0.29) is 0 Å². The number of anilines is 1. The Balaban J connectivity index is 1.74. The van der Waals surface area contributed by atoms with Crippen molar-refractivity contribution in [1.29, 1.82) is 0 Å². The Morgan fingerprint density at radius 2 is 1.95 bits per heavy atom. The van der Waals surface area contributed by atoms with Crippen LogP contribution in [-0.2, 0) is 12.8 Å². The van der Waals surface area contributed by atoms with Crippen LogP contribution in [0.4, 0.5) is 5.82 Å². The predicted octanol–water partition coefficient (Wildman–Crippen LogP) is 1.73. The lowest BCUT2D eigenvalue weighted by molar-refractivity contribution is 0.414. The van der Waals surface area contributed by atoms with Gasteiger partial charge in [-0.3, -0.25) is 0 Å². The summed E-state index contributed by atoms with van der Waals surface area (Å²) in [4.78, 5) is 15.6. The summed E-state index contributed by atoms with van der Waals surface area (Å²) in [6, 6.07) is 8.01. The van der Waals surface area contributed by atoms with Crippen LogP contribution in [0.5, 0.6) is 5.75 Å². The number of aromatic nitrogens is 4. The summed E-state index contributed by atoms with van der Waals surface area (Å²) in [5.41, 5.74) is 8.32. The fraction of sp³-hybridized carbons (Fsp3) is 0.214. The normalized spacial score (nSPS) is 10.8. The molecule has 6 heteroatoms. The molecular weight excluding hydrogens is 254 g/mol. The highest BCUT2D eigenvalue weighted by molar-refractivity contribution is 5.80. The fourth-order valence-electron chi connectivity index (χ4n) is 2.07. The van der Waals surface area contributed by atoms with Crippen LogP contribution in [-0.4, -0.2) is 27.0 Å². The topological polar surface area (TPSA) is 89.7 Å². The number of imidazole rings is 1. The molecule has 0 fully saturated rings. The van der Waals surface area contributed by atoms with Gasteiger partial charge < -0.3 is 15.5 Å². The number of fused-ring (bicyclic) bond motifs is 1. The molecular formula is C14H15N5O. The van der Waals surface area contributed by atoms with E-state index in [0.29, 0.717) is 17.0 Å². The highest BCUT2D eigenvalue weighted by atomic mass is 16.5. The van der Waals surface area contributed by atoms with Crippen LogP contribution in [0.15, 0.2) is 30.6 Å². The van der Waals surface area contributed by atoms with Crippen LogP contribution >= 0.6 is 0 Å². The van der Waals surface area contributed by atoms with Gasteiger partial charge in [0, 0.05) is 6.42 Å². The van der Waals surface area contributed by atoms with Crippen molar-refractivity contribution in [3.63, 3.8) is 0 Å². The molecule has 20 heavy (non-hydrogen) atoms. The molecule has 0 aliphatic rings. The average Bonchev–Trinajstić information content (AvgIpc) is 2.90. The molecule has 3 aromatic rings. The second-order valence-electron chi connectivity index (χ2n) is 4.49. The minimum absolute atomic E-state index is 0.429. The van der Waals surface area contributed by atoms with Gasteiger partial charge in [-0.1, -0.05) is 12.1 Å². The molecule has 102 valence electrons. The zero-order valence-electron chi connectivity index (χ0n) is 11.1. The predicted molar refractivity (Wildman–Crippen MR) is 76.5 cm³/mol. The average molecular weight is 269 g/mol. The highest BCUT2D eigenvalue weighted by Gasteiger charge is 2.07. The number of aromatic amines is 1. The fourth-order valence-corrected chi connectivity index (χ4v) is 2.07. The van der Waals surface area contributed by atoms with Crippen LogP contribution in [0.1, 0.15) is 11.4 Å². The van der Waals surface area contributed by atoms with E-state index in [1.807, 2.05) is 12.1 Å². The molecule has 0 saturated carbocycles. The van der Waals surface area contributed by atoms with Crippen LogP contribution < -0.4 is 10.5 Å². The molecule has 0 aliphatic carbocycles. The Morgan fingerprint density at radius 3 is 2.65 bits per heavy atom. The van der Waals surface area contributed by atoms with E-state index < -0.39 is 0 Å². The largest absolute Gasteiger partial charge is 0.497 e. The quantitative estimate of drug-likeness (QED) is 0.752. The summed E-state index contributed by atoms with van der Waals surface area (Å²) in [5, 5.41) is 0. The smallest absolute Gasteiger partial charge is 0.183 e. The van der Waals surface area contributed by atoms with E-state index in [1.54, 1.807) is 7.11 Å². The van der Waals surface area contributed by atoms with Gasteiger partial charge in [0.1, 0.15) is 23.4 Å². The third-order valence-corrected chi connectivity index (χ3v) is 3.18. The maximum absolute atomic E-state index is 5.77. The maximum Gasteiger partial charge on any atom is 0.183 e. The molecule has 3 rings (SSSR count). The summed E-state index contributed by atoms with van der Waals surface area (Å²) in [6.07, 6.45) is 3.10. The zero-order chi connectivity index (χ0) is 13.9. The van der Waals surface area contributed by atoms with Crippen LogP contribution in [0.25, 0.3) is 11.2 Å². The summed E-state index contributed by atoms with van der Waals surface area (Å²) < 4.78 is 5.14. The van der Waals surface area contributed by atoms with E-state index in [9.17, 15) is 0 Å². The van der Waals surface area contributed by atoms with Gasteiger partial charge in [-0.05, 0) is 24.1 Å². The Bertz CT molecular complexity index is 720. The van der Waals surface area contributed by atoms with Gasteiger partial charge in [0.15, 0.2) is 11.5 Å². The number of benzene rings is 1. The van der Waals surface area contributed by atoms with Gasteiger partial charge >= 0.3 is 0 Å². The van der Waals surface area contributed by atoms with Crippen molar-refractivity contribution in [2.75, 3.05) is 12.8 Å². The maximum atomic E-state index is 5.77. The molecule has 0 aliphatic heterocycles. The minimum Gasteiger partial charge on any atom is -0.497 e. The molecule has 0 spiro atoms. The zero-order valence-corrected chi connectivity index (χ0v) is 11.1. The summed E-state index contributed by atoms with van der Waals surface area (Å²) >= 11 is 0. The van der Waals surface area contributed by atoms with Crippen molar-refractivity contribution in [2.45, 2.75) is 12.8 Å². The molecule has 1 aromatic carbocycles. The number of rotatable bonds is 4. The second-order valence-corrected chi connectivity index (χ2v) is 4.49. The second kappa shape index (κ2) is 5.16. The summed E-state index contributed by atoms with van der Waals surface area (Å²) in [5.74, 6) is 2.15. The number of H-pyrrole nitrogens is 1. The molecule has 0 amide bonds. The lowest BCUT2D eigenvalue weighted by atomic mass is 10.1. The SMILES string of the molecule is COc1ccc(CCc2nc3ncnc(N)c3[nH]2)cc1. The molecule has 2 heterocycles. The van der Waals surface area contributed by atoms with E-state index in [0.717, 1.165) is 24.4 Å². The molecule has 0 atom stereocenters. The van der Waals surface area contributed by atoms with Crippen molar-refractivity contribution in [3.05, 3.63) is 42.0 Å². The number of nitrogen functional groups attached to an aromatic ring is 1. The van der Waals surface area contributed by atoms with Crippen molar-refractivity contribution in [1.82, 2.24) is 19.9 Å². The first kappa shape index (κ1) is 12.4. The van der Waals surface area contributed by atoms with E-state index in [2.05, 4.69) is 32.1 Å². The van der Waals surface area contributed by atoms with Crippen LogP contribution in [0.2, 0.25) is 0 Å². The van der Waals surface area contributed by atoms with Crippen molar-refractivity contribution < 1.29 is 4.74 Å². The molecule has 0 bridgehead atoms. The number of nitrogens with two attached hydrogens (primary N) is 1. The molecule has 2 aromatic heterocycles. The first-order chi connectivity index (χ1) is 9.76. The number of nitrogens with one attached hydrogen (secondary N) is 1. The minimum atomic E-state index is 0.429. The van der Waals surface area contributed by atoms with Gasteiger partial charge in [0.2, 0.25) is 0 Å². The van der Waals surface area contributed by atoms with Gasteiger partial charge in [-0.2, -0.15) is 0 Å². The highest BCUT2D eigenvalue weighted by Crippen LogP contribution is 2.16. The number of hydrogen-bond acceptors (Lipinski definition) is 5. The molecule has 3 N–H and O–H groups in total. The summed E-state index contributed by atoms with van der Waals surface area (Å²) in [7, 11) is 1.66. The van der Waals surface area contributed by atoms with Crippen molar-refractivity contribution in [3.8, 4) is 5.75 Å². The lowest BCUT2D eigenvalue weighted by Crippen LogP contribution is -1.94. The Kier molecular flexibility index (Phi) is 3.20. The third kappa shape index (κ3) is 2.40. The Labute approximate surface area is 116 Å². The first-order valence-electron chi connectivity index (χ1n) is 6.34. The molecule has 0 unspecified atom stereocenters. The Hall–Kier alpha value is -2.63. The van der Waals surface area contributed by atoms with E-state index in [1.165, 1.54) is 11.9 Å². The molecule has 6 nitrogen and oxygen atoms in total. The standard InChI is InChI=1S/C14H15N5O/c1-20-10-5-2-9(3-6-10)4-7-11-18-12-13(15)16-8-17-14(12)19-11/h2-3,5-6,8H,4,7H2,1H3,(H3,15,16,17,18,19). The van der Waals surface area contributed by atoms with Crippen LogP contribution in [0.3, 0.4) is 0 Å². The number of nitrogens with zero attached hydrogens (tertiary/aromatic N) is 3. The van der Waals surface area contributed by atoms with Gasteiger partial charge in [-0.15, -0.1) is 0 Å². The monoisotopic (exact) mass is 269 g/mol. The van der Waals surface area contributed by atoms with E-state index >= 15 is 0 Å². The first-order valence-corrected chi connectivity index (χ1v) is 6.34. The lowest BCUT2D eigenvalue weighted by Gasteiger charge is -2.02. The number of ether oxygens (including phenoxy) is 1. The molecule has 0 radical (unpaired) electrons.